The second kappa shape index (κ2) is 9.46. The Morgan fingerprint density at radius 3 is 2.37 bits per heavy atom. The minimum Gasteiger partial charge on any atom is -0.378 e. The van der Waals surface area contributed by atoms with Crippen LogP contribution in [0.25, 0.3) is 0 Å². The third-order valence-corrected chi connectivity index (χ3v) is 6.90. The lowest BCUT2D eigenvalue weighted by Crippen LogP contribution is -2.40. The van der Waals surface area contributed by atoms with E-state index in [2.05, 4.69) is 5.32 Å². The molecule has 180 valence electrons. The number of carbonyl (C=O) groups excluding carboxylic acids is 4. The summed E-state index contributed by atoms with van der Waals surface area (Å²) < 4.78 is 5.29. The fraction of sp³-hybridized carbons (Fsp3) is 0.333. The molecule has 35 heavy (non-hydrogen) atoms. The number of anilines is 2. The van der Waals surface area contributed by atoms with E-state index in [1.807, 2.05) is 13.0 Å². The molecule has 0 unspecified atom stereocenters. The van der Waals surface area contributed by atoms with Crippen LogP contribution >= 0.6 is 0 Å². The van der Waals surface area contributed by atoms with E-state index in [0.717, 1.165) is 5.57 Å². The van der Waals surface area contributed by atoms with Crippen LogP contribution in [-0.4, -0.2) is 54.8 Å². The molecule has 0 aromatic heterocycles. The Bertz CT molecular complexity index is 1210. The van der Waals surface area contributed by atoms with Crippen molar-refractivity contribution >= 4 is 35.0 Å². The number of fused-ring (bicyclic) bond motifs is 1. The first-order valence-electron chi connectivity index (χ1n) is 11.8. The first-order valence-corrected chi connectivity index (χ1v) is 11.8. The summed E-state index contributed by atoms with van der Waals surface area (Å²) in [5.41, 5.74) is 2.69. The molecule has 0 radical (unpaired) electrons. The molecule has 2 atom stereocenters. The van der Waals surface area contributed by atoms with Gasteiger partial charge in [-0.2, -0.15) is 0 Å². The Labute approximate surface area is 203 Å². The molecule has 1 aliphatic carbocycles. The monoisotopic (exact) mass is 473 g/mol. The van der Waals surface area contributed by atoms with E-state index in [-0.39, 0.29) is 35.1 Å². The lowest BCUT2D eigenvalue weighted by molar-refractivity contribution is -0.122. The van der Waals surface area contributed by atoms with Crippen LogP contribution in [0.4, 0.5) is 11.4 Å². The Kier molecular flexibility index (Phi) is 6.21. The maximum Gasteiger partial charge on any atom is 0.257 e. The molecule has 8 heteroatoms. The molecule has 2 aliphatic heterocycles. The molecule has 0 bridgehead atoms. The van der Waals surface area contributed by atoms with Gasteiger partial charge in [-0.15, -0.1) is 0 Å². The number of carbonyl (C=O) groups is 4. The maximum absolute atomic E-state index is 13.2. The molecule has 2 aromatic carbocycles. The number of hydrogen-bond donors (Lipinski definition) is 1. The standard InChI is InChI=1S/C27H27N3O5/c1-17-6-11-20-22(16-17)27(34)30(26(20)33)23-5-3-2-4-21(23)24(31)28-19-9-7-18(8-10-19)25(32)29-12-14-35-15-13-29/h2-10,20,22H,11-16H2,1H3,(H,28,31)/t20-,22+/m0/s1. The van der Waals surface area contributed by atoms with Crippen molar-refractivity contribution in [3.8, 4) is 0 Å². The lowest BCUT2D eigenvalue weighted by Gasteiger charge is -2.26. The Hall–Kier alpha value is -3.78. The molecule has 2 aromatic rings. The van der Waals surface area contributed by atoms with E-state index in [1.54, 1.807) is 53.4 Å². The topological polar surface area (TPSA) is 96.0 Å². The molecule has 1 N–H and O–H groups in total. The van der Waals surface area contributed by atoms with Crippen molar-refractivity contribution < 1.29 is 23.9 Å². The van der Waals surface area contributed by atoms with Crippen LogP contribution in [-0.2, 0) is 14.3 Å². The van der Waals surface area contributed by atoms with Crippen molar-refractivity contribution in [3.63, 3.8) is 0 Å². The zero-order valence-corrected chi connectivity index (χ0v) is 19.5. The molecule has 2 heterocycles. The van der Waals surface area contributed by atoms with E-state index < -0.39 is 5.91 Å². The number of nitrogens with zero attached hydrogens (tertiary/aromatic N) is 2. The predicted octanol–water partition coefficient (Wildman–Crippen LogP) is 3.26. The number of hydrogen-bond acceptors (Lipinski definition) is 5. The smallest absolute Gasteiger partial charge is 0.257 e. The number of imide groups is 1. The zero-order chi connectivity index (χ0) is 24.5. The van der Waals surface area contributed by atoms with Crippen LogP contribution in [0.3, 0.4) is 0 Å². The van der Waals surface area contributed by atoms with E-state index in [1.165, 1.54) is 4.90 Å². The van der Waals surface area contributed by atoms with Gasteiger partial charge in [0.15, 0.2) is 0 Å². The van der Waals surface area contributed by atoms with Gasteiger partial charge >= 0.3 is 0 Å². The van der Waals surface area contributed by atoms with E-state index in [4.69, 9.17) is 4.74 Å². The Balaban J connectivity index is 1.33. The number of morpholine rings is 1. The van der Waals surface area contributed by atoms with E-state index >= 15 is 0 Å². The number of benzene rings is 2. The summed E-state index contributed by atoms with van der Waals surface area (Å²) in [4.78, 5) is 55.0. The Morgan fingerprint density at radius 1 is 0.943 bits per heavy atom. The van der Waals surface area contributed by atoms with Crippen molar-refractivity contribution in [2.75, 3.05) is 36.5 Å². The van der Waals surface area contributed by atoms with Crippen molar-refractivity contribution in [2.24, 2.45) is 11.8 Å². The molecule has 2 saturated heterocycles. The SMILES string of the molecule is CC1=CC[C@@H]2C(=O)N(c3ccccc3C(=O)Nc3ccc(C(=O)N4CCOCC4)cc3)C(=O)[C@@H]2C1. The third-order valence-electron chi connectivity index (χ3n) is 6.90. The number of allylic oxidation sites excluding steroid dienone is 2. The Morgan fingerprint density at radius 2 is 1.63 bits per heavy atom. The van der Waals surface area contributed by atoms with Gasteiger partial charge in [-0.1, -0.05) is 23.8 Å². The highest BCUT2D eigenvalue weighted by atomic mass is 16.5. The van der Waals surface area contributed by atoms with Crippen LogP contribution in [0.15, 0.2) is 60.2 Å². The van der Waals surface area contributed by atoms with Gasteiger partial charge in [0.25, 0.3) is 11.8 Å². The van der Waals surface area contributed by atoms with E-state index in [9.17, 15) is 19.2 Å². The summed E-state index contributed by atoms with van der Waals surface area (Å²) in [6.45, 7) is 4.13. The number of rotatable bonds is 4. The summed E-state index contributed by atoms with van der Waals surface area (Å²) >= 11 is 0. The summed E-state index contributed by atoms with van der Waals surface area (Å²) in [5.74, 6) is -1.76. The van der Waals surface area contributed by atoms with Gasteiger partial charge in [0.1, 0.15) is 0 Å². The van der Waals surface area contributed by atoms with Gasteiger partial charge in [-0.3, -0.25) is 19.2 Å². The van der Waals surface area contributed by atoms with Gasteiger partial charge in [0, 0.05) is 24.3 Å². The molecule has 8 nitrogen and oxygen atoms in total. The van der Waals surface area contributed by atoms with Crippen molar-refractivity contribution in [1.29, 1.82) is 0 Å². The molecule has 4 amide bonds. The highest BCUT2D eigenvalue weighted by Gasteiger charge is 2.49. The minimum atomic E-state index is -0.433. The second-order valence-corrected chi connectivity index (χ2v) is 9.17. The van der Waals surface area contributed by atoms with Gasteiger partial charge < -0.3 is 15.0 Å². The van der Waals surface area contributed by atoms with Crippen molar-refractivity contribution in [3.05, 3.63) is 71.3 Å². The second-order valence-electron chi connectivity index (χ2n) is 9.17. The van der Waals surface area contributed by atoms with Crippen molar-refractivity contribution in [1.82, 2.24) is 4.90 Å². The van der Waals surface area contributed by atoms with Gasteiger partial charge in [0.05, 0.1) is 36.3 Å². The normalized spacial score (nSPS) is 22.0. The predicted molar refractivity (Wildman–Crippen MR) is 130 cm³/mol. The molecule has 0 spiro atoms. The average Bonchev–Trinajstić information content (AvgIpc) is 3.13. The van der Waals surface area contributed by atoms with Gasteiger partial charge in [-0.05, 0) is 56.2 Å². The van der Waals surface area contributed by atoms with Gasteiger partial charge in [0.2, 0.25) is 11.8 Å². The number of amides is 4. The summed E-state index contributed by atoms with van der Waals surface area (Å²) in [7, 11) is 0. The maximum atomic E-state index is 13.2. The summed E-state index contributed by atoms with van der Waals surface area (Å²) in [6, 6.07) is 13.3. The molecule has 3 aliphatic rings. The highest BCUT2D eigenvalue weighted by Crippen LogP contribution is 2.40. The summed E-state index contributed by atoms with van der Waals surface area (Å²) in [6.07, 6.45) is 3.12. The molecule has 5 rings (SSSR count). The third kappa shape index (κ3) is 4.37. The first-order chi connectivity index (χ1) is 16.9. The fourth-order valence-electron chi connectivity index (χ4n) is 4.98. The van der Waals surface area contributed by atoms with Crippen LogP contribution in [0.1, 0.15) is 40.5 Å². The number of ether oxygens (including phenoxy) is 1. The number of nitrogens with one attached hydrogen (secondary N) is 1. The summed E-state index contributed by atoms with van der Waals surface area (Å²) in [5, 5.41) is 2.82. The average molecular weight is 474 g/mol. The van der Waals surface area contributed by atoms with Crippen molar-refractivity contribution in [2.45, 2.75) is 19.8 Å². The van der Waals surface area contributed by atoms with Crippen LogP contribution in [0, 0.1) is 11.8 Å². The number of para-hydroxylation sites is 1. The lowest BCUT2D eigenvalue weighted by atomic mass is 9.82. The molecular weight excluding hydrogens is 446 g/mol. The molecular formula is C27H27N3O5. The zero-order valence-electron chi connectivity index (χ0n) is 19.5. The van der Waals surface area contributed by atoms with Crippen LogP contribution in [0.5, 0.6) is 0 Å². The molecule has 0 saturated carbocycles. The molecule has 2 fully saturated rings. The largest absolute Gasteiger partial charge is 0.378 e. The fourth-order valence-corrected chi connectivity index (χ4v) is 4.98. The minimum absolute atomic E-state index is 0.0752. The quantitative estimate of drug-likeness (QED) is 0.543. The van der Waals surface area contributed by atoms with Crippen LogP contribution < -0.4 is 10.2 Å². The van der Waals surface area contributed by atoms with E-state index in [0.29, 0.717) is 56.1 Å². The van der Waals surface area contributed by atoms with Crippen LogP contribution in [0.2, 0.25) is 0 Å². The van der Waals surface area contributed by atoms with Gasteiger partial charge in [-0.25, -0.2) is 4.90 Å². The highest BCUT2D eigenvalue weighted by molar-refractivity contribution is 6.25. The first kappa shape index (κ1) is 23.0.